The number of ether oxygens (including phenoxy) is 1. The van der Waals surface area contributed by atoms with Crippen molar-refractivity contribution in [2.45, 2.75) is 13.0 Å². The van der Waals surface area contributed by atoms with Gasteiger partial charge in [-0.3, -0.25) is 9.69 Å². The minimum absolute atomic E-state index is 0.0817. The Morgan fingerprint density at radius 1 is 1.31 bits per heavy atom. The van der Waals surface area contributed by atoms with Crippen LogP contribution in [-0.2, 0) is 11.3 Å². The summed E-state index contributed by atoms with van der Waals surface area (Å²) in [6, 6.07) is 13.2. The maximum Gasteiger partial charge on any atom is 0.225 e. The summed E-state index contributed by atoms with van der Waals surface area (Å²) in [7, 11) is 3.55. The summed E-state index contributed by atoms with van der Waals surface area (Å²) in [5.41, 5.74) is 1.60. The van der Waals surface area contributed by atoms with Crippen LogP contribution in [0.15, 0.2) is 42.5 Å². The third-order valence-electron chi connectivity index (χ3n) is 3.90. The molecule has 26 heavy (non-hydrogen) atoms. The lowest BCUT2D eigenvalue weighted by atomic mass is 10.2. The zero-order valence-electron chi connectivity index (χ0n) is 14.7. The number of hydrogen-bond donors (Lipinski definition) is 1. The molecule has 0 atom stereocenters. The number of hydrogen-bond acceptors (Lipinski definition) is 5. The molecular formula is C19H20ClN3O2S. The van der Waals surface area contributed by atoms with Gasteiger partial charge >= 0.3 is 0 Å². The number of anilines is 1. The smallest absolute Gasteiger partial charge is 0.225 e. The van der Waals surface area contributed by atoms with Crippen molar-refractivity contribution in [3.8, 4) is 5.75 Å². The van der Waals surface area contributed by atoms with Gasteiger partial charge in [0.25, 0.3) is 0 Å². The zero-order chi connectivity index (χ0) is 18.5. The fourth-order valence-corrected chi connectivity index (χ4v) is 3.80. The highest BCUT2D eigenvalue weighted by Crippen LogP contribution is 2.27. The van der Waals surface area contributed by atoms with Gasteiger partial charge in [-0.2, -0.15) is 0 Å². The van der Waals surface area contributed by atoms with E-state index in [0.29, 0.717) is 36.0 Å². The van der Waals surface area contributed by atoms with Crippen LogP contribution in [0.5, 0.6) is 5.75 Å². The van der Waals surface area contributed by atoms with E-state index in [9.17, 15) is 4.79 Å². The third kappa shape index (κ3) is 4.72. The van der Waals surface area contributed by atoms with E-state index < -0.39 is 0 Å². The highest BCUT2D eigenvalue weighted by Gasteiger charge is 2.11. The van der Waals surface area contributed by atoms with E-state index in [1.54, 1.807) is 36.6 Å². The Labute approximate surface area is 161 Å². The number of halogens is 1. The lowest BCUT2D eigenvalue weighted by Crippen LogP contribution is -2.24. The third-order valence-corrected chi connectivity index (χ3v) is 5.16. The van der Waals surface area contributed by atoms with E-state index in [4.69, 9.17) is 16.3 Å². The second-order valence-corrected chi connectivity index (χ2v) is 7.51. The first-order chi connectivity index (χ1) is 12.5. The topological polar surface area (TPSA) is 54.5 Å². The highest BCUT2D eigenvalue weighted by atomic mass is 35.5. The van der Waals surface area contributed by atoms with Crippen LogP contribution in [0, 0.1) is 0 Å². The molecule has 0 aliphatic heterocycles. The van der Waals surface area contributed by atoms with Crippen LogP contribution in [0.25, 0.3) is 10.2 Å². The number of benzene rings is 2. The number of amides is 1. The fourth-order valence-electron chi connectivity index (χ4n) is 2.58. The number of rotatable bonds is 7. The van der Waals surface area contributed by atoms with Crippen LogP contribution in [0.3, 0.4) is 0 Å². The van der Waals surface area contributed by atoms with Gasteiger partial charge in [0, 0.05) is 18.0 Å². The number of nitrogens with one attached hydrogen (secondary N) is 1. The number of fused-ring (bicyclic) bond motifs is 1. The maximum atomic E-state index is 12.2. The van der Waals surface area contributed by atoms with Crippen LogP contribution >= 0.6 is 22.9 Å². The molecule has 0 spiro atoms. The Kier molecular flexibility index (Phi) is 6.08. The largest absolute Gasteiger partial charge is 0.495 e. The predicted molar refractivity (Wildman–Crippen MR) is 107 cm³/mol. The normalized spacial score (nSPS) is 11.1. The standard InChI is InChI=1S/C19H20ClN3O2S/c1-23(12-19-22-14-5-3-4-6-17(14)26-19)10-9-18(24)21-15-11-13(20)7-8-16(15)25-2/h3-8,11H,9-10,12H2,1-2H3,(H,21,24). The van der Waals surface area contributed by atoms with Gasteiger partial charge in [0.15, 0.2) is 0 Å². The number of para-hydroxylation sites is 1. The van der Waals surface area contributed by atoms with E-state index in [1.165, 1.54) is 4.70 Å². The molecule has 0 aliphatic rings. The van der Waals surface area contributed by atoms with Gasteiger partial charge in [0.05, 0.1) is 29.6 Å². The first-order valence-electron chi connectivity index (χ1n) is 8.21. The molecule has 136 valence electrons. The van der Waals surface area contributed by atoms with E-state index in [2.05, 4.69) is 21.3 Å². The Balaban J connectivity index is 1.53. The first kappa shape index (κ1) is 18.6. The molecule has 1 N–H and O–H groups in total. The van der Waals surface area contributed by atoms with Gasteiger partial charge in [-0.05, 0) is 37.4 Å². The van der Waals surface area contributed by atoms with Crippen LogP contribution in [-0.4, -0.2) is 36.5 Å². The number of aromatic nitrogens is 1. The van der Waals surface area contributed by atoms with Gasteiger partial charge in [0.1, 0.15) is 10.8 Å². The molecule has 1 amide bonds. The Bertz CT molecular complexity index is 880. The molecule has 2 aromatic carbocycles. The van der Waals surface area contributed by atoms with Crippen molar-refractivity contribution in [3.63, 3.8) is 0 Å². The van der Waals surface area contributed by atoms with Crippen molar-refractivity contribution in [2.75, 3.05) is 26.0 Å². The highest BCUT2D eigenvalue weighted by molar-refractivity contribution is 7.18. The molecule has 0 saturated carbocycles. The second-order valence-electron chi connectivity index (χ2n) is 5.96. The summed E-state index contributed by atoms with van der Waals surface area (Å²) >= 11 is 7.67. The van der Waals surface area contributed by atoms with E-state index in [-0.39, 0.29) is 5.91 Å². The van der Waals surface area contributed by atoms with Crippen LogP contribution in [0.4, 0.5) is 5.69 Å². The van der Waals surface area contributed by atoms with Gasteiger partial charge in [-0.15, -0.1) is 11.3 Å². The van der Waals surface area contributed by atoms with Gasteiger partial charge in [-0.1, -0.05) is 23.7 Å². The quantitative estimate of drug-likeness (QED) is 0.650. The Morgan fingerprint density at radius 3 is 2.88 bits per heavy atom. The second kappa shape index (κ2) is 8.49. The Hall–Kier alpha value is -2.15. The number of nitrogens with zero attached hydrogens (tertiary/aromatic N) is 2. The van der Waals surface area contributed by atoms with Gasteiger partial charge in [-0.25, -0.2) is 4.98 Å². The zero-order valence-corrected chi connectivity index (χ0v) is 16.2. The number of carbonyl (C=O) groups excluding carboxylic acids is 1. The predicted octanol–water partition coefficient (Wildman–Crippen LogP) is 4.42. The van der Waals surface area contributed by atoms with E-state index in [1.807, 2.05) is 25.2 Å². The van der Waals surface area contributed by atoms with Crippen LogP contribution in [0.2, 0.25) is 5.02 Å². The summed E-state index contributed by atoms with van der Waals surface area (Å²) in [6.07, 6.45) is 0.372. The Morgan fingerprint density at radius 2 is 2.12 bits per heavy atom. The van der Waals surface area contributed by atoms with E-state index >= 15 is 0 Å². The number of thiazole rings is 1. The first-order valence-corrected chi connectivity index (χ1v) is 9.41. The fraction of sp³-hybridized carbons (Fsp3) is 0.263. The van der Waals surface area contributed by atoms with E-state index in [0.717, 1.165) is 10.5 Å². The molecule has 0 bridgehead atoms. The van der Waals surface area contributed by atoms with Crippen LogP contribution < -0.4 is 10.1 Å². The minimum atomic E-state index is -0.0817. The van der Waals surface area contributed by atoms with Crippen molar-refractivity contribution in [3.05, 3.63) is 52.5 Å². The molecule has 3 aromatic rings. The minimum Gasteiger partial charge on any atom is -0.495 e. The molecule has 0 saturated heterocycles. The maximum absolute atomic E-state index is 12.2. The lowest BCUT2D eigenvalue weighted by Gasteiger charge is -2.15. The van der Waals surface area contributed by atoms with Crippen LogP contribution in [0.1, 0.15) is 11.4 Å². The number of methoxy groups -OCH3 is 1. The van der Waals surface area contributed by atoms with Crippen molar-refractivity contribution >= 4 is 44.7 Å². The lowest BCUT2D eigenvalue weighted by molar-refractivity contribution is -0.116. The average Bonchev–Trinajstić information content (AvgIpc) is 3.02. The molecule has 0 aliphatic carbocycles. The summed E-state index contributed by atoms with van der Waals surface area (Å²) in [5.74, 6) is 0.507. The summed E-state index contributed by atoms with van der Waals surface area (Å²) < 4.78 is 6.43. The number of carbonyl (C=O) groups is 1. The monoisotopic (exact) mass is 389 g/mol. The van der Waals surface area contributed by atoms with Crippen molar-refractivity contribution in [1.82, 2.24) is 9.88 Å². The SMILES string of the molecule is COc1ccc(Cl)cc1NC(=O)CCN(C)Cc1nc2ccccc2s1. The molecular weight excluding hydrogens is 370 g/mol. The molecule has 0 unspecified atom stereocenters. The van der Waals surface area contributed by atoms with Gasteiger partial charge in [0.2, 0.25) is 5.91 Å². The summed E-state index contributed by atoms with van der Waals surface area (Å²) in [5, 5.41) is 4.45. The summed E-state index contributed by atoms with van der Waals surface area (Å²) in [4.78, 5) is 19.0. The molecule has 5 nitrogen and oxygen atoms in total. The molecule has 0 radical (unpaired) electrons. The van der Waals surface area contributed by atoms with Gasteiger partial charge < -0.3 is 10.1 Å². The van der Waals surface area contributed by atoms with Crippen molar-refractivity contribution in [2.24, 2.45) is 0 Å². The molecule has 1 aromatic heterocycles. The van der Waals surface area contributed by atoms with Crippen molar-refractivity contribution < 1.29 is 9.53 Å². The molecule has 7 heteroatoms. The summed E-state index contributed by atoms with van der Waals surface area (Å²) in [6.45, 7) is 1.34. The van der Waals surface area contributed by atoms with Crippen molar-refractivity contribution in [1.29, 1.82) is 0 Å². The molecule has 0 fully saturated rings. The average molecular weight is 390 g/mol. The molecule has 3 rings (SSSR count). The molecule has 1 heterocycles.